The smallest absolute Gasteiger partial charge is 0.193 e. The fourth-order valence-electron chi connectivity index (χ4n) is 3.55. The first kappa shape index (κ1) is 19.5. The molecule has 2 atom stereocenters. The molecule has 0 aliphatic carbocycles. The van der Waals surface area contributed by atoms with Crippen molar-refractivity contribution in [3.63, 3.8) is 0 Å². The summed E-state index contributed by atoms with van der Waals surface area (Å²) in [7, 11) is -2.82. The Morgan fingerprint density at radius 2 is 2.08 bits per heavy atom. The van der Waals surface area contributed by atoms with Gasteiger partial charge < -0.3 is 10.2 Å². The molecule has 0 radical (unpaired) electrons. The van der Waals surface area contributed by atoms with E-state index in [1.54, 1.807) is 0 Å². The van der Waals surface area contributed by atoms with Crippen LogP contribution in [-0.4, -0.2) is 62.7 Å². The lowest BCUT2D eigenvalue weighted by molar-refractivity contribution is 0.470. The van der Waals surface area contributed by atoms with Crippen LogP contribution >= 0.6 is 11.8 Å². The quantitative estimate of drug-likeness (QED) is 0.456. The van der Waals surface area contributed by atoms with Crippen LogP contribution in [-0.2, 0) is 9.84 Å². The van der Waals surface area contributed by atoms with E-state index in [-0.39, 0.29) is 5.92 Å². The molecular weight excluding hydrogens is 366 g/mol. The molecule has 2 saturated heterocycles. The highest BCUT2D eigenvalue weighted by molar-refractivity contribution is 7.99. The number of rotatable bonds is 6. The highest BCUT2D eigenvalue weighted by Crippen LogP contribution is 2.26. The second-order valence-corrected chi connectivity index (χ2v) is 10.5. The third kappa shape index (κ3) is 5.64. The van der Waals surface area contributed by atoms with E-state index in [2.05, 4.69) is 47.5 Å². The number of aliphatic imine (C=N–C) groups is 1. The van der Waals surface area contributed by atoms with Crippen molar-refractivity contribution in [1.82, 2.24) is 10.2 Å². The number of likely N-dealkylation sites (tertiary alicyclic amines) is 1. The average Bonchev–Trinajstić information content (AvgIpc) is 3.24. The van der Waals surface area contributed by atoms with Crippen LogP contribution in [0.3, 0.4) is 0 Å². The van der Waals surface area contributed by atoms with Crippen molar-refractivity contribution in [2.75, 3.05) is 43.4 Å². The maximum atomic E-state index is 11.6. The van der Waals surface area contributed by atoms with Crippen LogP contribution < -0.4 is 5.32 Å². The third-order valence-corrected chi connectivity index (χ3v) is 8.06. The predicted octanol–water partition coefficient (Wildman–Crippen LogP) is 2.50. The fraction of sp³-hybridized carbons (Fsp3) is 0.632. The first-order valence-corrected chi connectivity index (χ1v) is 12.3. The number of guanidine groups is 1. The third-order valence-electron chi connectivity index (χ3n) is 4.98. The van der Waals surface area contributed by atoms with E-state index in [9.17, 15) is 8.42 Å². The number of sulfone groups is 1. The summed E-state index contributed by atoms with van der Waals surface area (Å²) in [4.78, 5) is 8.42. The molecular formula is C19H29N3O2S2. The van der Waals surface area contributed by atoms with E-state index in [1.165, 1.54) is 11.3 Å². The minimum atomic E-state index is -2.82. The van der Waals surface area contributed by atoms with Crippen LogP contribution in [0.1, 0.15) is 19.8 Å². The molecule has 2 unspecified atom stereocenters. The molecule has 1 aromatic carbocycles. The van der Waals surface area contributed by atoms with Crippen LogP contribution in [0.25, 0.3) is 0 Å². The zero-order valence-corrected chi connectivity index (χ0v) is 17.1. The Balaban J connectivity index is 1.51. The van der Waals surface area contributed by atoms with Gasteiger partial charge in [0.25, 0.3) is 0 Å². The van der Waals surface area contributed by atoms with Gasteiger partial charge in [0.2, 0.25) is 0 Å². The van der Waals surface area contributed by atoms with E-state index < -0.39 is 9.84 Å². The minimum absolute atomic E-state index is 0.181. The number of benzene rings is 1. The largest absolute Gasteiger partial charge is 0.357 e. The number of hydrogen-bond acceptors (Lipinski definition) is 4. The van der Waals surface area contributed by atoms with Gasteiger partial charge in [0.1, 0.15) is 0 Å². The number of nitrogens with zero attached hydrogens (tertiary/aromatic N) is 2. The Labute approximate surface area is 161 Å². The monoisotopic (exact) mass is 395 g/mol. The van der Waals surface area contributed by atoms with Crippen LogP contribution in [0.4, 0.5) is 0 Å². The Morgan fingerprint density at radius 1 is 1.27 bits per heavy atom. The molecule has 2 heterocycles. The molecule has 2 fully saturated rings. The van der Waals surface area contributed by atoms with Crippen molar-refractivity contribution in [2.24, 2.45) is 16.8 Å². The average molecular weight is 396 g/mol. The van der Waals surface area contributed by atoms with Crippen molar-refractivity contribution in [1.29, 1.82) is 0 Å². The molecule has 2 aliphatic heterocycles. The SMILES string of the molecule is CCNC(=NCC1CCS(=O)(=O)C1)N1CCC(CSc2ccccc2)C1. The van der Waals surface area contributed by atoms with Gasteiger partial charge in [0.15, 0.2) is 15.8 Å². The second kappa shape index (κ2) is 9.13. The van der Waals surface area contributed by atoms with Gasteiger partial charge in [0, 0.05) is 36.8 Å². The molecule has 0 spiro atoms. The number of thioether (sulfide) groups is 1. The zero-order chi connectivity index (χ0) is 18.4. The lowest BCUT2D eigenvalue weighted by atomic mass is 10.1. The molecule has 2 aliphatic rings. The van der Waals surface area contributed by atoms with E-state index >= 15 is 0 Å². The molecule has 7 heteroatoms. The molecule has 0 saturated carbocycles. The maximum Gasteiger partial charge on any atom is 0.193 e. The first-order valence-electron chi connectivity index (χ1n) is 9.47. The Bertz CT molecular complexity index is 707. The highest BCUT2D eigenvalue weighted by atomic mass is 32.2. The first-order chi connectivity index (χ1) is 12.6. The van der Waals surface area contributed by atoms with Crippen LogP contribution in [0.2, 0.25) is 0 Å². The lowest BCUT2D eigenvalue weighted by Crippen LogP contribution is -2.40. The molecule has 3 rings (SSSR count). The van der Waals surface area contributed by atoms with E-state index in [1.807, 2.05) is 11.8 Å². The second-order valence-electron chi connectivity index (χ2n) is 7.19. The Kier molecular flexibility index (Phi) is 6.86. The van der Waals surface area contributed by atoms with E-state index in [0.717, 1.165) is 37.8 Å². The number of nitrogens with one attached hydrogen (secondary N) is 1. The minimum Gasteiger partial charge on any atom is -0.357 e. The molecule has 1 aromatic rings. The van der Waals surface area contributed by atoms with Crippen molar-refractivity contribution in [3.8, 4) is 0 Å². The molecule has 144 valence electrons. The van der Waals surface area contributed by atoms with E-state index in [0.29, 0.717) is 24.0 Å². The molecule has 5 nitrogen and oxygen atoms in total. The molecule has 0 aromatic heterocycles. The summed E-state index contributed by atoms with van der Waals surface area (Å²) >= 11 is 1.92. The van der Waals surface area contributed by atoms with E-state index in [4.69, 9.17) is 4.99 Å². The molecule has 0 bridgehead atoms. The van der Waals surface area contributed by atoms with Gasteiger partial charge in [-0.05, 0) is 43.7 Å². The standard InChI is InChI=1S/C19H29N3O2S2/c1-2-20-19(21-12-16-9-11-26(23,24)15-16)22-10-8-17(13-22)14-25-18-6-4-3-5-7-18/h3-7,16-17H,2,8-15H2,1H3,(H,20,21). The highest BCUT2D eigenvalue weighted by Gasteiger charge is 2.29. The van der Waals surface area contributed by atoms with Gasteiger partial charge in [-0.15, -0.1) is 11.8 Å². The van der Waals surface area contributed by atoms with Gasteiger partial charge in [-0.3, -0.25) is 4.99 Å². The van der Waals surface area contributed by atoms with Gasteiger partial charge in [-0.2, -0.15) is 0 Å². The summed E-state index contributed by atoms with van der Waals surface area (Å²) in [6.07, 6.45) is 1.93. The van der Waals surface area contributed by atoms with Crippen LogP contribution in [0, 0.1) is 11.8 Å². The summed E-state index contributed by atoms with van der Waals surface area (Å²) in [5, 5.41) is 3.38. The summed E-state index contributed by atoms with van der Waals surface area (Å²) in [6.45, 7) is 5.57. The van der Waals surface area contributed by atoms with Gasteiger partial charge >= 0.3 is 0 Å². The summed E-state index contributed by atoms with van der Waals surface area (Å²) in [5.41, 5.74) is 0. The summed E-state index contributed by atoms with van der Waals surface area (Å²) < 4.78 is 23.2. The van der Waals surface area contributed by atoms with Crippen molar-refractivity contribution in [3.05, 3.63) is 30.3 Å². The topological polar surface area (TPSA) is 61.8 Å². The van der Waals surface area contributed by atoms with Crippen LogP contribution in [0.15, 0.2) is 40.2 Å². The molecule has 26 heavy (non-hydrogen) atoms. The van der Waals surface area contributed by atoms with Gasteiger partial charge in [-0.25, -0.2) is 8.42 Å². The van der Waals surface area contributed by atoms with Gasteiger partial charge in [0.05, 0.1) is 11.5 Å². The Morgan fingerprint density at radius 3 is 2.77 bits per heavy atom. The molecule has 0 amide bonds. The summed E-state index contributed by atoms with van der Waals surface area (Å²) in [6, 6.07) is 10.6. The number of hydrogen-bond donors (Lipinski definition) is 1. The lowest BCUT2D eigenvalue weighted by Gasteiger charge is -2.22. The summed E-state index contributed by atoms with van der Waals surface area (Å²) in [5.74, 6) is 3.54. The fourth-order valence-corrected chi connectivity index (χ4v) is 6.45. The zero-order valence-electron chi connectivity index (χ0n) is 15.4. The van der Waals surface area contributed by atoms with Crippen molar-refractivity contribution < 1.29 is 8.42 Å². The normalized spacial score (nSPS) is 25.6. The van der Waals surface area contributed by atoms with Crippen molar-refractivity contribution in [2.45, 2.75) is 24.7 Å². The van der Waals surface area contributed by atoms with Crippen molar-refractivity contribution >= 4 is 27.6 Å². The Hall–Kier alpha value is -1.21. The van der Waals surface area contributed by atoms with Gasteiger partial charge in [-0.1, -0.05) is 18.2 Å². The van der Waals surface area contributed by atoms with Crippen LogP contribution in [0.5, 0.6) is 0 Å². The molecule has 1 N–H and O–H groups in total. The predicted molar refractivity (Wildman–Crippen MR) is 110 cm³/mol. The maximum absolute atomic E-state index is 11.6.